The zero-order valence-electron chi connectivity index (χ0n) is 39.3. The molecular weight excluding hydrogens is 744 g/mol. The second kappa shape index (κ2) is 41.6. The minimum Gasteiger partial charge on any atom is -0.391 e. The van der Waals surface area contributed by atoms with Gasteiger partial charge in [-0.15, -0.1) is 0 Å². The predicted octanol–water partition coefficient (Wildman–Crippen LogP) is 14.3. The zero-order valence-corrected chi connectivity index (χ0v) is 40.2. The summed E-state index contributed by atoms with van der Waals surface area (Å²) in [6.07, 6.45) is 48.1. The van der Waals surface area contributed by atoms with Gasteiger partial charge in [0, 0.05) is 6.42 Å². The highest BCUT2D eigenvalue weighted by atomic mass is 31.2. The SMILES string of the molecule is CCCCCCCCC/C=C\CCCCCCCCCC(=O)NC(COP(=O)(O)OCC[N+](C)(C)C)C(O)CCCCCCCCCCCCCCCCCCCC. The summed E-state index contributed by atoms with van der Waals surface area (Å²) in [6.45, 7) is 4.91. The maximum absolute atomic E-state index is 12.9. The number of carbonyl (C=O) groups excluding carboxylic acids is 1. The molecule has 0 heterocycles. The average molecular weight is 844 g/mol. The fourth-order valence-electron chi connectivity index (χ4n) is 7.51. The third-order valence-electron chi connectivity index (χ3n) is 11.5. The van der Waals surface area contributed by atoms with Crippen molar-refractivity contribution in [2.45, 2.75) is 257 Å². The predicted molar refractivity (Wildman–Crippen MR) is 249 cm³/mol. The second-order valence-electron chi connectivity index (χ2n) is 18.5. The fourth-order valence-corrected chi connectivity index (χ4v) is 8.25. The number of nitrogens with zero attached hydrogens (tertiary/aromatic N) is 1. The van der Waals surface area contributed by atoms with Gasteiger partial charge >= 0.3 is 7.82 Å². The Labute approximate surface area is 361 Å². The van der Waals surface area contributed by atoms with Gasteiger partial charge in [0.15, 0.2) is 0 Å². The van der Waals surface area contributed by atoms with Crippen LogP contribution in [0.25, 0.3) is 0 Å². The van der Waals surface area contributed by atoms with Crippen molar-refractivity contribution in [3.63, 3.8) is 0 Å². The third kappa shape index (κ3) is 43.3. The van der Waals surface area contributed by atoms with Crippen molar-refractivity contribution in [3.8, 4) is 0 Å². The molecule has 0 rings (SSSR count). The van der Waals surface area contributed by atoms with Crippen LogP contribution in [0.15, 0.2) is 12.2 Å². The standard InChI is InChI=1S/C49H99N2O6P/c1-6-8-10-12-14-16-18-20-22-24-26-28-30-32-34-36-38-40-42-48(52)47(46-57-58(54,55)56-45-44-51(3,4)5)50-49(53)43-41-39-37-35-33-31-29-27-25-23-21-19-17-15-13-11-9-7-2/h23,25,47-48,52H,6-22,24,26-46H2,1-5H3,(H-,50,53,54,55)/p+1/b25-23-. The quantitative estimate of drug-likeness (QED) is 0.0244. The molecule has 1 amide bonds. The number of carbonyl (C=O) groups is 1. The van der Waals surface area contributed by atoms with E-state index in [0.29, 0.717) is 23.9 Å². The molecule has 0 aromatic heterocycles. The number of likely N-dealkylation sites (N-methyl/N-ethyl adjacent to an activating group) is 1. The van der Waals surface area contributed by atoms with E-state index in [0.717, 1.165) is 38.5 Å². The Morgan fingerprint density at radius 3 is 1.33 bits per heavy atom. The van der Waals surface area contributed by atoms with E-state index in [9.17, 15) is 19.4 Å². The van der Waals surface area contributed by atoms with E-state index in [1.54, 1.807) is 0 Å². The minimum atomic E-state index is -4.31. The van der Waals surface area contributed by atoms with Gasteiger partial charge in [-0.2, -0.15) is 0 Å². The van der Waals surface area contributed by atoms with Crippen molar-refractivity contribution >= 4 is 13.7 Å². The molecule has 346 valence electrons. The highest BCUT2D eigenvalue weighted by Gasteiger charge is 2.28. The first-order chi connectivity index (χ1) is 28.0. The van der Waals surface area contributed by atoms with E-state index in [4.69, 9.17) is 9.05 Å². The van der Waals surface area contributed by atoms with Gasteiger partial charge in [0.05, 0.1) is 39.9 Å². The largest absolute Gasteiger partial charge is 0.472 e. The number of phosphoric ester groups is 1. The van der Waals surface area contributed by atoms with Crippen LogP contribution in [-0.4, -0.2) is 73.4 Å². The summed E-state index contributed by atoms with van der Waals surface area (Å²) >= 11 is 0. The van der Waals surface area contributed by atoms with Crippen LogP contribution in [0.3, 0.4) is 0 Å². The van der Waals surface area contributed by atoms with Crippen LogP contribution >= 0.6 is 7.82 Å². The lowest BCUT2D eigenvalue weighted by molar-refractivity contribution is -0.870. The number of amides is 1. The number of nitrogens with one attached hydrogen (secondary N) is 1. The van der Waals surface area contributed by atoms with Gasteiger partial charge in [0.25, 0.3) is 0 Å². The molecule has 0 fully saturated rings. The van der Waals surface area contributed by atoms with Crippen molar-refractivity contribution in [1.82, 2.24) is 5.32 Å². The lowest BCUT2D eigenvalue weighted by Gasteiger charge is -2.26. The van der Waals surface area contributed by atoms with E-state index >= 15 is 0 Å². The zero-order chi connectivity index (χ0) is 42.8. The summed E-state index contributed by atoms with van der Waals surface area (Å²) < 4.78 is 23.7. The fraction of sp³-hybridized carbons (Fsp3) is 0.939. The number of rotatable bonds is 46. The number of hydrogen-bond donors (Lipinski definition) is 3. The van der Waals surface area contributed by atoms with Crippen LogP contribution in [0.2, 0.25) is 0 Å². The number of hydrogen-bond acceptors (Lipinski definition) is 5. The highest BCUT2D eigenvalue weighted by molar-refractivity contribution is 7.47. The summed E-state index contributed by atoms with van der Waals surface area (Å²) in [5.41, 5.74) is 0. The smallest absolute Gasteiger partial charge is 0.391 e. The molecular formula is C49H100N2O6P+. The third-order valence-corrected chi connectivity index (χ3v) is 12.5. The Hall–Kier alpha value is -0.760. The summed E-state index contributed by atoms with van der Waals surface area (Å²) in [5.74, 6) is -0.146. The van der Waals surface area contributed by atoms with Crippen LogP contribution in [-0.2, 0) is 18.4 Å². The summed E-state index contributed by atoms with van der Waals surface area (Å²) in [6, 6.07) is -0.759. The molecule has 9 heteroatoms. The molecule has 0 spiro atoms. The highest BCUT2D eigenvalue weighted by Crippen LogP contribution is 2.43. The molecule has 0 aliphatic heterocycles. The number of aliphatic hydroxyl groups excluding tert-OH is 1. The number of phosphoric acid groups is 1. The van der Waals surface area contributed by atoms with Crippen molar-refractivity contribution in [2.75, 3.05) is 40.9 Å². The Kier molecular flexibility index (Phi) is 41.0. The van der Waals surface area contributed by atoms with Crippen LogP contribution in [0.5, 0.6) is 0 Å². The van der Waals surface area contributed by atoms with Gasteiger partial charge in [-0.25, -0.2) is 4.57 Å². The van der Waals surface area contributed by atoms with E-state index in [1.807, 2.05) is 21.1 Å². The molecule has 3 unspecified atom stereocenters. The van der Waals surface area contributed by atoms with Gasteiger partial charge in [-0.05, 0) is 38.5 Å². The maximum atomic E-state index is 12.9. The molecule has 0 aliphatic rings. The van der Waals surface area contributed by atoms with E-state index < -0.39 is 20.0 Å². The normalized spacial score (nSPS) is 14.3. The monoisotopic (exact) mass is 844 g/mol. The number of unbranched alkanes of at least 4 members (excludes halogenated alkanes) is 31. The van der Waals surface area contributed by atoms with Crippen LogP contribution in [0.1, 0.15) is 245 Å². The molecule has 58 heavy (non-hydrogen) atoms. The number of aliphatic hydroxyl groups is 1. The van der Waals surface area contributed by atoms with E-state index in [-0.39, 0.29) is 19.1 Å². The summed E-state index contributed by atoms with van der Waals surface area (Å²) in [5, 5.41) is 14.0. The topological polar surface area (TPSA) is 105 Å². The Morgan fingerprint density at radius 2 is 0.931 bits per heavy atom. The first-order valence-electron chi connectivity index (χ1n) is 25.1. The summed E-state index contributed by atoms with van der Waals surface area (Å²) in [4.78, 5) is 23.2. The van der Waals surface area contributed by atoms with Gasteiger partial charge in [-0.1, -0.05) is 212 Å². The van der Waals surface area contributed by atoms with Crippen molar-refractivity contribution in [3.05, 3.63) is 12.2 Å². The maximum Gasteiger partial charge on any atom is 0.472 e. The lowest BCUT2D eigenvalue weighted by Crippen LogP contribution is -2.46. The lowest BCUT2D eigenvalue weighted by atomic mass is 10.0. The van der Waals surface area contributed by atoms with Gasteiger partial charge in [-0.3, -0.25) is 13.8 Å². The van der Waals surface area contributed by atoms with E-state index in [1.165, 1.54) is 180 Å². The van der Waals surface area contributed by atoms with Crippen molar-refractivity contribution in [1.29, 1.82) is 0 Å². The summed E-state index contributed by atoms with van der Waals surface area (Å²) in [7, 11) is 1.62. The molecule has 0 bridgehead atoms. The van der Waals surface area contributed by atoms with Crippen molar-refractivity contribution in [2.24, 2.45) is 0 Å². The average Bonchev–Trinajstić information content (AvgIpc) is 3.17. The van der Waals surface area contributed by atoms with Crippen LogP contribution in [0.4, 0.5) is 0 Å². The molecule has 3 atom stereocenters. The van der Waals surface area contributed by atoms with Gasteiger partial charge in [0.2, 0.25) is 5.91 Å². The van der Waals surface area contributed by atoms with Gasteiger partial charge in [0.1, 0.15) is 13.2 Å². The van der Waals surface area contributed by atoms with Crippen molar-refractivity contribution < 1.29 is 32.9 Å². The molecule has 0 aromatic carbocycles. The molecule has 0 saturated heterocycles. The first kappa shape index (κ1) is 57.2. The second-order valence-corrected chi connectivity index (χ2v) is 20.0. The molecule has 0 aliphatic carbocycles. The Bertz CT molecular complexity index is 958. The first-order valence-corrected chi connectivity index (χ1v) is 26.5. The number of allylic oxidation sites excluding steroid dienone is 2. The van der Waals surface area contributed by atoms with Crippen LogP contribution in [0, 0.1) is 0 Å². The molecule has 8 nitrogen and oxygen atoms in total. The van der Waals surface area contributed by atoms with Gasteiger partial charge < -0.3 is 19.8 Å². The van der Waals surface area contributed by atoms with Crippen LogP contribution < -0.4 is 5.32 Å². The minimum absolute atomic E-state index is 0.0760. The molecule has 0 aromatic rings. The Morgan fingerprint density at radius 1 is 0.569 bits per heavy atom. The van der Waals surface area contributed by atoms with E-state index in [2.05, 4.69) is 31.3 Å². The number of quaternary nitrogens is 1. The molecule has 3 N–H and O–H groups in total. The molecule has 0 saturated carbocycles. The Balaban J connectivity index is 4.28. The molecule has 0 radical (unpaired) electrons.